The number of aliphatic hydroxyl groups is 1. The van der Waals surface area contributed by atoms with Crippen molar-refractivity contribution in [2.75, 3.05) is 6.61 Å². The van der Waals surface area contributed by atoms with E-state index in [-0.39, 0.29) is 23.2 Å². The minimum atomic E-state index is -0.968. The summed E-state index contributed by atoms with van der Waals surface area (Å²) >= 11 is 0. The number of hydrogen-bond acceptors (Lipinski definition) is 4. The summed E-state index contributed by atoms with van der Waals surface area (Å²) in [6, 6.07) is 7.72. The zero-order valence-corrected chi connectivity index (χ0v) is 18.2. The van der Waals surface area contributed by atoms with Crippen molar-refractivity contribution in [1.29, 1.82) is 0 Å². The highest BCUT2D eigenvalue weighted by Gasteiger charge is 2.61. The summed E-state index contributed by atoms with van der Waals surface area (Å²) in [5.74, 6) is 0.312. The number of fused-ring (bicyclic) bond motifs is 3. The molecular formula is C25H33NO3. The fourth-order valence-electron chi connectivity index (χ4n) is 5.82. The van der Waals surface area contributed by atoms with Crippen molar-refractivity contribution in [2.45, 2.75) is 65.5 Å². The molecule has 0 spiro atoms. The largest absolute Gasteiger partial charge is 0.464 e. The first-order valence-corrected chi connectivity index (χ1v) is 10.9. The number of allylic oxidation sites excluding steroid dienone is 1. The predicted molar refractivity (Wildman–Crippen MR) is 116 cm³/mol. The lowest BCUT2D eigenvalue weighted by molar-refractivity contribution is -0.145. The number of ether oxygens (including phenoxy) is 1. The molecule has 3 fully saturated rings. The molecule has 1 N–H and O–H groups in total. The summed E-state index contributed by atoms with van der Waals surface area (Å²) in [6.07, 6.45) is 4.89. The molecule has 0 heterocycles. The topological polar surface area (TPSA) is 58.9 Å². The number of rotatable bonds is 5. The molecule has 1 aromatic rings. The summed E-state index contributed by atoms with van der Waals surface area (Å²) in [6.45, 7) is 10.6. The van der Waals surface area contributed by atoms with E-state index < -0.39 is 11.6 Å². The van der Waals surface area contributed by atoms with Gasteiger partial charge < -0.3 is 9.84 Å². The van der Waals surface area contributed by atoms with Crippen molar-refractivity contribution in [3.05, 3.63) is 41.5 Å². The van der Waals surface area contributed by atoms with E-state index in [2.05, 4.69) is 45.0 Å². The summed E-state index contributed by atoms with van der Waals surface area (Å²) in [7, 11) is 0. The van der Waals surface area contributed by atoms with Crippen molar-refractivity contribution < 1.29 is 14.6 Å². The summed E-state index contributed by atoms with van der Waals surface area (Å²) in [5.41, 5.74) is 3.58. The van der Waals surface area contributed by atoms with E-state index in [9.17, 15) is 9.90 Å². The first-order valence-electron chi connectivity index (χ1n) is 10.9. The number of esters is 1. The lowest BCUT2D eigenvalue weighted by atomic mass is 9.44. The molecule has 4 heteroatoms. The lowest BCUT2D eigenvalue weighted by Crippen LogP contribution is -2.65. The monoisotopic (exact) mass is 395 g/mol. The van der Waals surface area contributed by atoms with Crippen LogP contribution >= 0.6 is 0 Å². The molecule has 156 valence electrons. The van der Waals surface area contributed by atoms with Crippen LogP contribution in [0.2, 0.25) is 0 Å². The fraction of sp³-hybridized carbons (Fsp3) is 0.600. The van der Waals surface area contributed by atoms with E-state index in [1.54, 1.807) is 0 Å². The standard InChI is InChI=1S/C25H33NO3/c1-6-29-23(27)22(15(2)18-12-11-16-9-7-8-10-19(16)18)26-21-14-17-13-20(24(17,3)4)25(21,5)28/h7-10,12,15,17,20,22,28H,6,11,13-14H2,1-5H3/b26-21+/t15-,17-,20-,22-,25-/m0/s1. The minimum Gasteiger partial charge on any atom is -0.464 e. The van der Waals surface area contributed by atoms with Gasteiger partial charge in [-0.25, -0.2) is 4.79 Å². The Morgan fingerprint density at radius 2 is 2.03 bits per heavy atom. The Bertz CT molecular complexity index is 880. The van der Waals surface area contributed by atoms with Crippen LogP contribution in [0.4, 0.5) is 0 Å². The van der Waals surface area contributed by atoms with Crippen LogP contribution in [0.5, 0.6) is 0 Å². The summed E-state index contributed by atoms with van der Waals surface area (Å²) in [4.78, 5) is 17.8. The Balaban J connectivity index is 1.67. The van der Waals surface area contributed by atoms with Gasteiger partial charge in [0.2, 0.25) is 0 Å². The van der Waals surface area contributed by atoms with Crippen molar-refractivity contribution in [2.24, 2.45) is 28.2 Å². The number of carbonyl (C=O) groups excluding carboxylic acids is 1. The predicted octanol–water partition coefficient (Wildman–Crippen LogP) is 4.45. The third-order valence-electron chi connectivity index (χ3n) is 7.83. The zero-order valence-electron chi connectivity index (χ0n) is 18.2. The van der Waals surface area contributed by atoms with Gasteiger partial charge >= 0.3 is 5.97 Å². The van der Waals surface area contributed by atoms with Crippen LogP contribution in [0.1, 0.15) is 58.6 Å². The Labute approximate surface area is 174 Å². The molecule has 5 rings (SSSR count). The molecule has 1 aromatic carbocycles. The maximum absolute atomic E-state index is 12.9. The van der Waals surface area contributed by atoms with Gasteiger partial charge in [-0.2, -0.15) is 0 Å². The van der Waals surface area contributed by atoms with Crippen LogP contribution in [0.3, 0.4) is 0 Å². The molecule has 29 heavy (non-hydrogen) atoms. The third-order valence-corrected chi connectivity index (χ3v) is 7.83. The van der Waals surface area contributed by atoms with E-state index in [4.69, 9.17) is 9.73 Å². The smallest absolute Gasteiger partial charge is 0.331 e. The number of benzene rings is 1. The second kappa shape index (κ2) is 7.09. The van der Waals surface area contributed by atoms with E-state index >= 15 is 0 Å². The average Bonchev–Trinajstić information content (AvgIpc) is 3.10. The van der Waals surface area contributed by atoms with Crippen LogP contribution in [-0.4, -0.2) is 35.0 Å². The molecule has 4 aliphatic rings. The van der Waals surface area contributed by atoms with E-state index in [1.165, 1.54) is 11.1 Å². The Kier molecular flexibility index (Phi) is 4.97. The van der Waals surface area contributed by atoms with E-state index in [1.807, 2.05) is 19.9 Å². The lowest BCUT2D eigenvalue weighted by Gasteiger charge is -2.62. The second-order valence-corrected chi connectivity index (χ2v) is 9.74. The van der Waals surface area contributed by atoms with Gasteiger partial charge in [-0.1, -0.05) is 51.1 Å². The van der Waals surface area contributed by atoms with Gasteiger partial charge in [0, 0.05) is 11.6 Å². The molecule has 0 unspecified atom stereocenters. The summed E-state index contributed by atoms with van der Waals surface area (Å²) in [5, 5.41) is 11.3. The van der Waals surface area contributed by atoms with Crippen LogP contribution in [0.25, 0.3) is 5.57 Å². The minimum absolute atomic E-state index is 0.104. The molecular weight excluding hydrogens is 362 g/mol. The highest BCUT2D eigenvalue weighted by atomic mass is 16.5. The van der Waals surface area contributed by atoms with Crippen molar-refractivity contribution in [1.82, 2.24) is 0 Å². The number of hydrogen-bond donors (Lipinski definition) is 1. The molecule has 5 atom stereocenters. The maximum Gasteiger partial charge on any atom is 0.331 e. The van der Waals surface area contributed by atoms with Crippen LogP contribution < -0.4 is 0 Å². The van der Waals surface area contributed by atoms with Gasteiger partial charge in [0.1, 0.15) is 5.60 Å². The highest BCUT2D eigenvalue weighted by Crippen LogP contribution is 2.61. The number of carbonyl (C=O) groups is 1. The molecule has 0 amide bonds. The molecule has 3 saturated carbocycles. The van der Waals surface area contributed by atoms with Crippen LogP contribution in [0.15, 0.2) is 35.3 Å². The van der Waals surface area contributed by atoms with E-state index in [0.717, 1.165) is 30.5 Å². The van der Waals surface area contributed by atoms with Crippen molar-refractivity contribution in [3.63, 3.8) is 0 Å². The zero-order chi connectivity index (χ0) is 21.0. The van der Waals surface area contributed by atoms with Gasteiger partial charge in [0.05, 0.1) is 6.61 Å². The summed E-state index contributed by atoms with van der Waals surface area (Å²) < 4.78 is 5.41. The van der Waals surface area contributed by atoms with Gasteiger partial charge in [-0.05, 0) is 67.1 Å². The molecule has 0 aliphatic heterocycles. The fourth-order valence-corrected chi connectivity index (χ4v) is 5.82. The van der Waals surface area contributed by atoms with Gasteiger partial charge in [-0.15, -0.1) is 0 Å². The molecule has 0 saturated heterocycles. The van der Waals surface area contributed by atoms with Gasteiger partial charge in [-0.3, -0.25) is 4.99 Å². The quantitative estimate of drug-likeness (QED) is 0.749. The van der Waals surface area contributed by atoms with Crippen LogP contribution in [0, 0.1) is 23.2 Å². The third kappa shape index (κ3) is 3.16. The number of nitrogens with zero attached hydrogens (tertiary/aromatic N) is 1. The first kappa shape index (κ1) is 20.3. The normalized spacial score (nSPS) is 32.8. The SMILES string of the molecule is CCOC(=O)[C@@H](/N=C1\C[C@@H]2C[C@@H](C2(C)C)[C@]1(C)O)[C@@H](C)C1=CCc2ccccc21. The van der Waals surface area contributed by atoms with Crippen LogP contribution in [-0.2, 0) is 16.0 Å². The first-order chi connectivity index (χ1) is 13.7. The molecule has 0 radical (unpaired) electrons. The maximum atomic E-state index is 12.9. The van der Waals surface area contributed by atoms with E-state index in [0.29, 0.717) is 12.5 Å². The van der Waals surface area contributed by atoms with Gasteiger partial charge in [0.25, 0.3) is 0 Å². The number of aliphatic imine (C=N–C) groups is 1. The molecule has 4 aliphatic carbocycles. The van der Waals surface area contributed by atoms with Crippen molar-refractivity contribution in [3.8, 4) is 0 Å². The molecule has 4 nitrogen and oxygen atoms in total. The second-order valence-electron chi connectivity index (χ2n) is 9.74. The molecule has 0 aromatic heterocycles. The highest BCUT2D eigenvalue weighted by molar-refractivity contribution is 5.97. The van der Waals surface area contributed by atoms with Crippen molar-refractivity contribution >= 4 is 17.3 Å². The molecule has 2 bridgehead atoms. The Morgan fingerprint density at radius 1 is 1.31 bits per heavy atom. The van der Waals surface area contributed by atoms with Gasteiger partial charge in [0.15, 0.2) is 6.04 Å². The Hall–Kier alpha value is -1.94. The average molecular weight is 396 g/mol. The Morgan fingerprint density at radius 3 is 2.69 bits per heavy atom.